The second kappa shape index (κ2) is 9.87. The molecule has 168 valence electrons. The van der Waals surface area contributed by atoms with E-state index in [0.29, 0.717) is 11.4 Å². The Bertz CT molecular complexity index is 1140. The average molecular weight is 485 g/mol. The average Bonchev–Trinajstić information content (AvgIpc) is 3.11. The van der Waals surface area contributed by atoms with Gasteiger partial charge in [0.25, 0.3) is 5.95 Å². The molecule has 0 unspecified atom stereocenters. The highest BCUT2D eigenvalue weighted by atomic mass is 35.5. The van der Waals surface area contributed by atoms with Gasteiger partial charge in [0, 0.05) is 11.9 Å². The van der Waals surface area contributed by atoms with Crippen LogP contribution in [0.2, 0.25) is 5.02 Å². The predicted molar refractivity (Wildman–Crippen MR) is 116 cm³/mol. The number of hydrogen-bond donors (Lipinski definition) is 3. The molecule has 32 heavy (non-hydrogen) atoms. The van der Waals surface area contributed by atoms with Crippen LogP contribution in [0.1, 0.15) is 18.2 Å². The van der Waals surface area contributed by atoms with Gasteiger partial charge in [-0.1, -0.05) is 29.4 Å². The van der Waals surface area contributed by atoms with Crippen molar-refractivity contribution in [1.29, 1.82) is 0 Å². The van der Waals surface area contributed by atoms with E-state index in [1.54, 1.807) is 25.3 Å². The van der Waals surface area contributed by atoms with E-state index in [-0.39, 0.29) is 22.5 Å². The number of nitrogens with two attached hydrogens (primary N) is 1. The highest BCUT2D eigenvalue weighted by Crippen LogP contribution is 2.36. The maximum absolute atomic E-state index is 12.9. The van der Waals surface area contributed by atoms with Gasteiger partial charge in [-0.25, -0.2) is 10.1 Å². The molecule has 0 radical (unpaired) electrons. The maximum Gasteiger partial charge on any atom is 0.417 e. The maximum atomic E-state index is 12.9. The van der Waals surface area contributed by atoms with Crippen molar-refractivity contribution in [2.24, 2.45) is 5.10 Å². The third kappa shape index (κ3) is 5.88. The van der Waals surface area contributed by atoms with Gasteiger partial charge >= 0.3 is 6.18 Å². The molecular formula is C18H16ClF3N8OS. The van der Waals surface area contributed by atoms with E-state index in [9.17, 15) is 18.0 Å². The monoisotopic (exact) mass is 484 g/mol. The van der Waals surface area contributed by atoms with Crippen LogP contribution in [0.5, 0.6) is 0 Å². The second-order valence-electron chi connectivity index (χ2n) is 6.23. The number of carbonyl (C=O) groups is 1. The number of halogens is 4. The van der Waals surface area contributed by atoms with Crippen LogP contribution in [0.15, 0.2) is 52.9 Å². The Labute approximate surface area is 189 Å². The van der Waals surface area contributed by atoms with Crippen molar-refractivity contribution in [3.63, 3.8) is 0 Å². The first-order valence-corrected chi connectivity index (χ1v) is 10.2. The van der Waals surface area contributed by atoms with Crippen molar-refractivity contribution in [3.8, 4) is 0 Å². The van der Waals surface area contributed by atoms with Crippen molar-refractivity contribution in [1.82, 2.24) is 19.9 Å². The summed E-state index contributed by atoms with van der Waals surface area (Å²) in [6.45, 7) is 1.74. The Morgan fingerprint density at radius 2 is 2.06 bits per heavy atom. The number of amides is 1. The molecule has 9 nitrogen and oxygen atoms in total. The van der Waals surface area contributed by atoms with Gasteiger partial charge in [-0.15, -0.1) is 10.2 Å². The third-order valence-corrected chi connectivity index (χ3v) is 5.18. The smallest absolute Gasteiger partial charge is 0.334 e. The number of hydrazone groups is 1. The molecule has 3 rings (SSSR count). The molecule has 0 aliphatic heterocycles. The minimum absolute atomic E-state index is 0.0387. The van der Waals surface area contributed by atoms with Crippen molar-refractivity contribution in [2.75, 3.05) is 22.3 Å². The quantitative estimate of drug-likeness (QED) is 0.202. The van der Waals surface area contributed by atoms with E-state index < -0.39 is 22.7 Å². The zero-order valence-corrected chi connectivity index (χ0v) is 18.0. The highest BCUT2D eigenvalue weighted by molar-refractivity contribution is 7.99. The first-order chi connectivity index (χ1) is 15.1. The predicted octanol–water partition coefficient (Wildman–Crippen LogP) is 3.63. The van der Waals surface area contributed by atoms with Crippen LogP contribution in [0.4, 0.5) is 24.8 Å². The van der Waals surface area contributed by atoms with Gasteiger partial charge in [-0.05, 0) is 37.3 Å². The van der Waals surface area contributed by atoms with Gasteiger partial charge < -0.3 is 11.2 Å². The molecule has 0 saturated carbocycles. The number of nitrogens with one attached hydrogen (secondary N) is 2. The van der Waals surface area contributed by atoms with Crippen molar-refractivity contribution in [2.45, 2.75) is 18.3 Å². The second-order valence-corrected chi connectivity index (χ2v) is 7.58. The van der Waals surface area contributed by atoms with Gasteiger partial charge in [0.05, 0.1) is 27.7 Å². The fourth-order valence-electron chi connectivity index (χ4n) is 2.37. The molecule has 0 fully saturated rings. The van der Waals surface area contributed by atoms with E-state index in [1.165, 1.54) is 6.07 Å². The molecule has 0 aliphatic rings. The Morgan fingerprint density at radius 3 is 2.75 bits per heavy atom. The number of benzene rings is 1. The fourth-order valence-corrected chi connectivity index (χ4v) is 3.25. The van der Waals surface area contributed by atoms with Crippen LogP contribution in [-0.4, -0.2) is 37.2 Å². The molecule has 0 saturated heterocycles. The molecule has 14 heteroatoms. The summed E-state index contributed by atoms with van der Waals surface area (Å²) in [6, 6.07) is 8.49. The first kappa shape index (κ1) is 23.3. The molecular weight excluding hydrogens is 469 g/mol. The topological polar surface area (TPSA) is 123 Å². The molecule has 0 atom stereocenters. The van der Waals surface area contributed by atoms with Gasteiger partial charge in [-0.3, -0.25) is 9.78 Å². The van der Waals surface area contributed by atoms with Gasteiger partial charge in [0.2, 0.25) is 11.1 Å². The number of rotatable bonds is 7. The summed E-state index contributed by atoms with van der Waals surface area (Å²) in [6.07, 6.45) is -3.00. The van der Waals surface area contributed by atoms with E-state index in [4.69, 9.17) is 17.4 Å². The summed E-state index contributed by atoms with van der Waals surface area (Å²) in [5.74, 6) is 5.29. The van der Waals surface area contributed by atoms with Crippen molar-refractivity contribution in [3.05, 3.63) is 58.9 Å². The largest absolute Gasteiger partial charge is 0.417 e. The third-order valence-electron chi connectivity index (χ3n) is 3.91. The van der Waals surface area contributed by atoms with Crippen molar-refractivity contribution >= 4 is 46.6 Å². The minimum Gasteiger partial charge on any atom is -0.334 e. The molecule has 1 amide bonds. The van der Waals surface area contributed by atoms with Crippen LogP contribution >= 0.6 is 23.4 Å². The number of pyridine rings is 1. The van der Waals surface area contributed by atoms with Gasteiger partial charge in [0.1, 0.15) is 0 Å². The summed E-state index contributed by atoms with van der Waals surface area (Å²) in [4.78, 5) is 16.3. The van der Waals surface area contributed by atoms with Crippen LogP contribution < -0.4 is 16.6 Å². The first-order valence-electron chi connectivity index (χ1n) is 8.86. The number of nitrogen functional groups attached to an aromatic ring is 1. The Hall–Kier alpha value is -3.32. The molecule has 0 bridgehead atoms. The number of alkyl halides is 3. The molecule has 0 aliphatic carbocycles. The lowest BCUT2D eigenvalue weighted by Crippen LogP contribution is -2.17. The van der Waals surface area contributed by atoms with Gasteiger partial charge in [0.15, 0.2) is 0 Å². The molecule has 2 heterocycles. The summed E-state index contributed by atoms with van der Waals surface area (Å²) >= 11 is 6.51. The Balaban J connectivity index is 1.59. The SMILES string of the molecule is C/C(=N\Nc1nnc(SCC(=O)Nc2ccc(Cl)c(C(F)(F)F)c2)n1N)c1ccccn1. The summed E-state index contributed by atoms with van der Waals surface area (Å²) in [5, 5.41) is 14.0. The molecule has 2 aromatic heterocycles. The van der Waals surface area contributed by atoms with E-state index in [1.807, 2.05) is 6.07 Å². The van der Waals surface area contributed by atoms with Gasteiger partial charge in [-0.2, -0.15) is 18.3 Å². The summed E-state index contributed by atoms with van der Waals surface area (Å²) in [7, 11) is 0. The Morgan fingerprint density at radius 1 is 1.28 bits per heavy atom. The zero-order chi connectivity index (χ0) is 23.3. The number of anilines is 2. The number of thioether (sulfide) groups is 1. The van der Waals surface area contributed by atoms with E-state index in [0.717, 1.165) is 28.6 Å². The standard InChI is InChI=1S/C18H16ClF3N8OS/c1-10(14-4-2-3-7-24-14)26-27-16-28-29-17(30(16)23)32-9-15(31)25-11-5-6-13(19)12(8-11)18(20,21)22/h2-8H,9,23H2,1H3,(H,25,31)(H,27,28)/b26-10+. The van der Waals surface area contributed by atoms with E-state index in [2.05, 4.69) is 31.0 Å². The molecule has 0 spiro atoms. The molecule has 3 aromatic rings. The summed E-state index contributed by atoms with van der Waals surface area (Å²) in [5.41, 5.74) is 2.83. The lowest BCUT2D eigenvalue weighted by atomic mass is 10.2. The van der Waals surface area contributed by atoms with Crippen LogP contribution in [0, 0.1) is 0 Å². The normalized spacial score (nSPS) is 12.0. The minimum atomic E-state index is -4.64. The number of aromatic nitrogens is 4. The van der Waals surface area contributed by atoms with Crippen molar-refractivity contribution < 1.29 is 18.0 Å². The highest BCUT2D eigenvalue weighted by Gasteiger charge is 2.33. The number of hydrogen-bond acceptors (Lipinski definition) is 8. The van der Waals surface area contributed by atoms with Crippen LogP contribution in [-0.2, 0) is 11.0 Å². The molecule has 1 aromatic carbocycles. The Kier molecular flexibility index (Phi) is 7.20. The van der Waals surface area contributed by atoms with E-state index >= 15 is 0 Å². The number of carbonyl (C=O) groups excluding carboxylic acids is 1. The fraction of sp³-hybridized carbons (Fsp3) is 0.167. The number of nitrogens with zero attached hydrogens (tertiary/aromatic N) is 5. The lowest BCUT2D eigenvalue weighted by molar-refractivity contribution is -0.137. The zero-order valence-electron chi connectivity index (χ0n) is 16.4. The van der Waals surface area contributed by atoms with Crippen LogP contribution in [0.25, 0.3) is 0 Å². The van der Waals surface area contributed by atoms with Crippen LogP contribution in [0.3, 0.4) is 0 Å². The summed E-state index contributed by atoms with van der Waals surface area (Å²) < 4.78 is 39.9. The lowest BCUT2D eigenvalue weighted by Gasteiger charge is -2.11. The molecule has 4 N–H and O–H groups in total.